The van der Waals surface area contributed by atoms with E-state index in [4.69, 9.17) is 10.1 Å². The molecular formula is C31H44N4O3. The van der Waals surface area contributed by atoms with Gasteiger partial charge in [-0.05, 0) is 62.5 Å². The van der Waals surface area contributed by atoms with E-state index in [1.165, 1.54) is 57.8 Å². The second-order valence-electron chi connectivity index (χ2n) is 12.7. The summed E-state index contributed by atoms with van der Waals surface area (Å²) in [4.78, 5) is 34.8. The van der Waals surface area contributed by atoms with Gasteiger partial charge in [0.25, 0.3) is 5.56 Å². The number of likely N-dealkylation sites (tertiary alicyclic amines) is 1. The molecule has 4 aliphatic rings. The normalized spacial score (nSPS) is 30.7. The number of carboxylic acid groups (broad SMARTS) is 1. The van der Waals surface area contributed by atoms with Crippen molar-refractivity contribution in [3.63, 3.8) is 0 Å². The largest absolute Gasteiger partial charge is 0.481 e. The Hall–Kier alpha value is -2.41. The van der Waals surface area contributed by atoms with Crippen LogP contribution in [0.15, 0.2) is 29.1 Å². The summed E-state index contributed by atoms with van der Waals surface area (Å²) in [6.07, 6.45) is 14.4. The highest BCUT2D eigenvalue weighted by atomic mass is 16.4. The lowest BCUT2D eigenvalue weighted by Gasteiger charge is -2.48. The highest BCUT2D eigenvalue weighted by Gasteiger charge is 2.40. The SMILES string of the molecule is CCC[C@@H]1C[C@H](n2c(=O)c(N3CC(CC(=O)O)C3)nc3ccccc32)CCN1[C@@H]1C[C@@H]2CCCC[C@@H](C2)C1. The van der Waals surface area contributed by atoms with Crippen LogP contribution in [0.2, 0.25) is 0 Å². The van der Waals surface area contributed by atoms with Crippen LogP contribution in [0.5, 0.6) is 0 Å². The lowest BCUT2D eigenvalue weighted by atomic mass is 9.76. The van der Waals surface area contributed by atoms with E-state index in [0.717, 1.165) is 42.3 Å². The van der Waals surface area contributed by atoms with Crippen LogP contribution in [0.25, 0.3) is 11.0 Å². The lowest BCUT2D eigenvalue weighted by molar-refractivity contribution is -0.138. The molecule has 1 N–H and O–H groups in total. The second-order valence-corrected chi connectivity index (χ2v) is 12.7. The van der Waals surface area contributed by atoms with Crippen molar-refractivity contribution < 1.29 is 9.90 Å². The summed E-state index contributed by atoms with van der Waals surface area (Å²) in [5.41, 5.74) is 1.78. The highest BCUT2D eigenvalue weighted by Crippen LogP contribution is 2.43. The first-order valence-corrected chi connectivity index (χ1v) is 15.2. The first kappa shape index (κ1) is 25.8. The number of fused-ring (bicyclic) bond motifs is 3. The van der Waals surface area contributed by atoms with E-state index < -0.39 is 5.97 Å². The van der Waals surface area contributed by atoms with E-state index in [1.54, 1.807) is 0 Å². The summed E-state index contributed by atoms with van der Waals surface area (Å²) in [5, 5.41) is 9.16. The third kappa shape index (κ3) is 5.11. The predicted octanol–water partition coefficient (Wildman–Crippen LogP) is 5.47. The number of para-hydroxylation sites is 2. The maximum atomic E-state index is 14.0. The Kier molecular flexibility index (Phi) is 7.48. The third-order valence-electron chi connectivity index (χ3n) is 10.0. The molecule has 1 aromatic heterocycles. The van der Waals surface area contributed by atoms with E-state index in [1.807, 2.05) is 29.2 Å². The molecule has 38 heavy (non-hydrogen) atoms. The van der Waals surface area contributed by atoms with Gasteiger partial charge in [0.1, 0.15) is 0 Å². The molecular weight excluding hydrogens is 476 g/mol. The standard InChI is InChI=1S/C31H44N4O3/c1-2-7-24-18-25(12-13-34(24)26-15-21-8-3-4-9-22(14-21)16-26)35-28-11-6-5-10-27(28)32-30(31(35)38)33-19-23(20-33)17-29(36)37/h5-6,10-11,21-26H,2-4,7-9,12-20H2,1H3,(H,36,37)/t21-,22+,24-,25-,26-/m1/s1. The summed E-state index contributed by atoms with van der Waals surface area (Å²) in [6.45, 7) is 4.55. The summed E-state index contributed by atoms with van der Waals surface area (Å²) in [7, 11) is 0. The number of anilines is 1. The first-order chi connectivity index (χ1) is 18.5. The molecule has 2 aliphatic heterocycles. The molecule has 2 saturated heterocycles. The zero-order chi connectivity index (χ0) is 26.2. The third-order valence-corrected chi connectivity index (χ3v) is 10.0. The lowest BCUT2D eigenvalue weighted by Crippen LogP contribution is -2.53. The molecule has 5 atom stereocenters. The fourth-order valence-corrected chi connectivity index (χ4v) is 8.35. The van der Waals surface area contributed by atoms with Crippen LogP contribution in [0.4, 0.5) is 5.82 Å². The molecule has 0 amide bonds. The van der Waals surface area contributed by atoms with E-state index in [9.17, 15) is 9.59 Å². The van der Waals surface area contributed by atoms with E-state index in [-0.39, 0.29) is 23.9 Å². The molecule has 3 heterocycles. The first-order valence-electron chi connectivity index (χ1n) is 15.2. The molecule has 4 fully saturated rings. The van der Waals surface area contributed by atoms with Gasteiger partial charge in [-0.25, -0.2) is 4.98 Å². The maximum Gasteiger partial charge on any atom is 0.303 e. The summed E-state index contributed by atoms with van der Waals surface area (Å²) < 4.78 is 2.06. The Balaban J connectivity index is 1.26. The molecule has 6 rings (SSSR count). The van der Waals surface area contributed by atoms with Crippen molar-refractivity contribution in [1.82, 2.24) is 14.5 Å². The molecule has 2 aliphatic carbocycles. The Bertz CT molecular complexity index is 1190. The quantitative estimate of drug-likeness (QED) is 0.521. The Morgan fingerprint density at radius 3 is 2.45 bits per heavy atom. The number of aromatic nitrogens is 2. The number of benzene rings is 1. The zero-order valence-electron chi connectivity index (χ0n) is 22.9. The van der Waals surface area contributed by atoms with Crippen LogP contribution >= 0.6 is 0 Å². The topological polar surface area (TPSA) is 78.7 Å². The molecule has 2 saturated carbocycles. The smallest absolute Gasteiger partial charge is 0.303 e. The maximum absolute atomic E-state index is 14.0. The van der Waals surface area contributed by atoms with Crippen molar-refractivity contribution >= 4 is 22.8 Å². The number of carbonyl (C=O) groups is 1. The fraction of sp³-hybridized carbons (Fsp3) is 0.710. The number of aliphatic carboxylic acids is 1. The van der Waals surface area contributed by atoms with Gasteiger partial charge in [0.2, 0.25) is 0 Å². The van der Waals surface area contributed by atoms with E-state index in [0.29, 0.717) is 31.0 Å². The predicted molar refractivity (Wildman–Crippen MR) is 151 cm³/mol. The van der Waals surface area contributed by atoms with Crippen LogP contribution < -0.4 is 10.5 Å². The van der Waals surface area contributed by atoms with Gasteiger partial charge in [0.05, 0.1) is 17.5 Å². The molecule has 2 aromatic rings. The van der Waals surface area contributed by atoms with Crippen molar-refractivity contribution in [2.45, 2.75) is 102 Å². The van der Waals surface area contributed by atoms with Gasteiger partial charge < -0.3 is 14.6 Å². The summed E-state index contributed by atoms with van der Waals surface area (Å²) >= 11 is 0. The van der Waals surface area contributed by atoms with Gasteiger partial charge >= 0.3 is 5.97 Å². The summed E-state index contributed by atoms with van der Waals surface area (Å²) in [5.74, 6) is 1.64. The number of piperidine rings is 1. The molecule has 7 heteroatoms. The number of nitrogens with zero attached hydrogens (tertiary/aromatic N) is 4. The van der Waals surface area contributed by atoms with Gasteiger partial charge in [-0.3, -0.25) is 14.5 Å². The second kappa shape index (κ2) is 11.0. The Morgan fingerprint density at radius 2 is 1.74 bits per heavy atom. The number of rotatable bonds is 7. The van der Waals surface area contributed by atoms with Crippen LogP contribution in [-0.2, 0) is 4.79 Å². The van der Waals surface area contributed by atoms with Gasteiger partial charge in [0, 0.05) is 43.7 Å². The van der Waals surface area contributed by atoms with E-state index >= 15 is 0 Å². The average Bonchev–Trinajstić information content (AvgIpc) is 3.05. The minimum absolute atomic E-state index is 0.00476. The molecule has 1 aromatic carbocycles. The van der Waals surface area contributed by atoms with Crippen molar-refractivity contribution in [3.05, 3.63) is 34.6 Å². The molecule has 0 spiro atoms. The van der Waals surface area contributed by atoms with E-state index in [2.05, 4.69) is 16.4 Å². The fourth-order valence-electron chi connectivity index (χ4n) is 8.35. The molecule has 0 radical (unpaired) electrons. The van der Waals surface area contributed by atoms with Crippen molar-refractivity contribution in [1.29, 1.82) is 0 Å². The summed E-state index contributed by atoms with van der Waals surface area (Å²) in [6, 6.07) is 9.45. The van der Waals surface area contributed by atoms with Crippen LogP contribution in [0.3, 0.4) is 0 Å². The minimum atomic E-state index is -0.774. The van der Waals surface area contributed by atoms with Gasteiger partial charge in [-0.2, -0.15) is 0 Å². The van der Waals surface area contributed by atoms with Gasteiger partial charge in [0.15, 0.2) is 5.82 Å². The molecule has 0 unspecified atom stereocenters. The molecule has 7 nitrogen and oxygen atoms in total. The van der Waals surface area contributed by atoms with Crippen molar-refractivity contribution in [3.8, 4) is 0 Å². The van der Waals surface area contributed by atoms with Gasteiger partial charge in [-0.1, -0.05) is 51.2 Å². The van der Waals surface area contributed by atoms with Crippen LogP contribution in [0.1, 0.15) is 90.0 Å². The average molecular weight is 521 g/mol. The Labute approximate surface area is 226 Å². The van der Waals surface area contributed by atoms with Crippen molar-refractivity contribution in [2.75, 3.05) is 24.5 Å². The molecule has 206 valence electrons. The van der Waals surface area contributed by atoms with Crippen LogP contribution in [0, 0.1) is 17.8 Å². The number of hydrogen-bond acceptors (Lipinski definition) is 5. The highest BCUT2D eigenvalue weighted by molar-refractivity contribution is 5.77. The van der Waals surface area contributed by atoms with Crippen molar-refractivity contribution in [2.24, 2.45) is 17.8 Å². The Morgan fingerprint density at radius 1 is 1.00 bits per heavy atom. The minimum Gasteiger partial charge on any atom is -0.481 e. The monoisotopic (exact) mass is 520 g/mol. The number of carboxylic acids is 1. The van der Waals surface area contributed by atoms with Gasteiger partial charge in [-0.15, -0.1) is 0 Å². The number of hydrogen-bond donors (Lipinski definition) is 1. The van der Waals surface area contributed by atoms with Crippen LogP contribution in [-0.4, -0.2) is 57.2 Å². The zero-order valence-corrected chi connectivity index (χ0v) is 22.9. The molecule has 2 bridgehead atoms.